The minimum atomic E-state index is -1.03. The van der Waals surface area contributed by atoms with Crippen molar-refractivity contribution in [2.45, 2.75) is 13.5 Å². The molecule has 2 aromatic rings. The Labute approximate surface area is 103 Å². The second-order valence-electron chi connectivity index (χ2n) is 3.87. The number of carbonyl (C=O) groups is 1. The first-order chi connectivity index (χ1) is 8.58. The number of carboxylic acids is 1. The van der Waals surface area contributed by atoms with Crippen LogP contribution in [-0.4, -0.2) is 31.1 Å². The quantitative estimate of drug-likeness (QED) is 0.831. The minimum absolute atomic E-state index is 0.103. The number of hydrogen-bond acceptors (Lipinski definition) is 5. The molecule has 0 fully saturated rings. The van der Waals surface area contributed by atoms with E-state index in [4.69, 9.17) is 5.11 Å². The SMILES string of the molecule is Cc1nn(C)cc1CNc1nnccc1C(=O)O. The molecule has 7 nitrogen and oxygen atoms in total. The summed E-state index contributed by atoms with van der Waals surface area (Å²) in [6.07, 6.45) is 3.23. The molecule has 0 amide bonds. The summed E-state index contributed by atoms with van der Waals surface area (Å²) in [5.74, 6) is -0.774. The lowest BCUT2D eigenvalue weighted by Gasteiger charge is -2.06. The van der Waals surface area contributed by atoms with Gasteiger partial charge in [0.25, 0.3) is 0 Å². The molecule has 0 unspecified atom stereocenters. The second-order valence-corrected chi connectivity index (χ2v) is 3.87. The lowest BCUT2D eigenvalue weighted by molar-refractivity contribution is 0.0697. The molecule has 0 bridgehead atoms. The first-order valence-corrected chi connectivity index (χ1v) is 5.36. The van der Waals surface area contributed by atoms with E-state index >= 15 is 0 Å². The first kappa shape index (κ1) is 12.0. The summed E-state index contributed by atoms with van der Waals surface area (Å²) >= 11 is 0. The predicted octanol–water partition coefficient (Wildman–Crippen LogP) is 0.829. The number of aromatic nitrogens is 4. The van der Waals surface area contributed by atoms with E-state index in [2.05, 4.69) is 20.6 Å². The van der Waals surface area contributed by atoms with Crippen molar-refractivity contribution >= 4 is 11.8 Å². The van der Waals surface area contributed by atoms with Crippen LogP contribution in [0.25, 0.3) is 0 Å². The summed E-state index contributed by atoms with van der Waals surface area (Å²) in [5, 5.41) is 23.6. The molecule has 2 aromatic heterocycles. The summed E-state index contributed by atoms with van der Waals surface area (Å²) in [4.78, 5) is 11.0. The monoisotopic (exact) mass is 247 g/mol. The van der Waals surface area contributed by atoms with Gasteiger partial charge in [-0.15, -0.1) is 5.10 Å². The zero-order chi connectivity index (χ0) is 13.1. The van der Waals surface area contributed by atoms with Crippen LogP contribution < -0.4 is 5.32 Å². The predicted molar refractivity (Wildman–Crippen MR) is 64.3 cm³/mol. The Balaban J connectivity index is 2.15. The molecule has 7 heteroatoms. The van der Waals surface area contributed by atoms with Crippen molar-refractivity contribution in [3.05, 3.63) is 35.3 Å². The summed E-state index contributed by atoms with van der Waals surface area (Å²) < 4.78 is 1.71. The number of anilines is 1. The van der Waals surface area contributed by atoms with Gasteiger partial charge in [0.15, 0.2) is 5.82 Å². The lowest BCUT2D eigenvalue weighted by Crippen LogP contribution is -2.09. The third-order valence-electron chi connectivity index (χ3n) is 2.51. The van der Waals surface area contributed by atoms with E-state index in [0.717, 1.165) is 11.3 Å². The number of carboxylic acid groups (broad SMARTS) is 1. The Kier molecular flexibility index (Phi) is 3.22. The number of nitrogens with zero attached hydrogens (tertiary/aromatic N) is 4. The van der Waals surface area contributed by atoms with Crippen LogP contribution in [-0.2, 0) is 13.6 Å². The fraction of sp³-hybridized carbons (Fsp3) is 0.273. The molecule has 0 aromatic carbocycles. The molecule has 0 saturated heterocycles. The van der Waals surface area contributed by atoms with E-state index in [-0.39, 0.29) is 11.4 Å². The van der Waals surface area contributed by atoms with Gasteiger partial charge in [-0.2, -0.15) is 10.2 Å². The summed E-state index contributed by atoms with van der Waals surface area (Å²) in [6.45, 7) is 2.35. The molecule has 0 aliphatic carbocycles. The maximum absolute atomic E-state index is 11.0. The van der Waals surface area contributed by atoms with E-state index in [1.807, 2.05) is 20.2 Å². The highest BCUT2D eigenvalue weighted by Gasteiger charge is 2.11. The fourth-order valence-electron chi connectivity index (χ4n) is 1.64. The molecule has 0 aliphatic rings. The molecular formula is C11H13N5O2. The summed E-state index contributed by atoms with van der Waals surface area (Å²) in [7, 11) is 1.83. The Morgan fingerprint density at radius 2 is 2.33 bits per heavy atom. The van der Waals surface area contributed by atoms with Crippen LogP contribution >= 0.6 is 0 Å². The number of rotatable bonds is 4. The molecule has 0 radical (unpaired) electrons. The maximum Gasteiger partial charge on any atom is 0.339 e. The molecular weight excluding hydrogens is 234 g/mol. The highest BCUT2D eigenvalue weighted by Crippen LogP contribution is 2.12. The van der Waals surface area contributed by atoms with Gasteiger partial charge in [0.05, 0.1) is 11.9 Å². The van der Waals surface area contributed by atoms with Crippen LogP contribution in [0.4, 0.5) is 5.82 Å². The third-order valence-corrected chi connectivity index (χ3v) is 2.51. The van der Waals surface area contributed by atoms with E-state index in [1.165, 1.54) is 12.3 Å². The smallest absolute Gasteiger partial charge is 0.339 e. The Hall–Kier alpha value is -2.44. The molecule has 0 aliphatic heterocycles. The normalized spacial score (nSPS) is 10.3. The van der Waals surface area contributed by atoms with Crippen LogP contribution in [0.1, 0.15) is 21.6 Å². The molecule has 2 N–H and O–H groups in total. The zero-order valence-corrected chi connectivity index (χ0v) is 10.1. The summed E-state index contributed by atoms with van der Waals surface area (Å²) in [6, 6.07) is 1.41. The Bertz CT molecular complexity index is 579. The van der Waals surface area contributed by atoms with Crippen molar-refractivity contribution in [2.24, 2.45) is 7.05 Å². The van der Waals surface area contributed by atoms with Crippen molar-refractivity contribution in [2.75, 3.05) is 5.32 Å². The van der Waals surface area contributed by atoms with Crippen LogP contribution in [0.3, 0.4) is 0 Å². The van der Waals surface area contributed by atoms with Gasteiger partial charge in [0.1, 0.15) is 5.56 Å². The van der Waals surface area contributed by atoms with E-state index in [0.29, 0.717) is 6.54 Å². The van der Waals surface area contributed by atoms with E-state index in [1.54, 1.807) is 4.68 Å². The van der Waals surface area contributed by atoms with Crippen molar-refractivity contribution in [3.8, 4) is 0 Å². The molecule has 94 valence electrons. The van der Waals surface area contributed by atoms with Crippen LogP contribution in [0, 0.1) is 6.92 Å². The van der Waals surface area contributed by atoms with Gasteiger partial charge in [0.2, 0.25) is 0 Å². The van der Waals surface area contributed by atoms with Crippen molar-refractivity contribution in [3.63, 3.8) is 0 Å². The fourth-order valence-corrected chi connectivity index (χ4v) is 1.64. The second kappa shape index (κ2) is 4.82. The largest absolute Gasteiger partial charge is 0.478 e. The van der Waals surface area contributed by atoms with Gasteiger partial charge in [0, 0.05) is 25.4 Å². The van der Waals surface area contributed by atoms with E-state index < -0.39 is 5.97 Å². The Morgan fingerprint density at radius 3 is 2.94 bits per heavy atom. The van der Waals surface area contributed by atoms with Crippen molar-refractivity contribution in [1.82, 2.24) is 20.0 Å². The molecule has 0 saturated carbocycles. The maximum atomic E-state index is 11.0. The van der Waals surface area contributed by atoms with Crippen molar-refractivity contribution < 1.29 is 9.90 Å². The zero-order valence-electron chi connectivity index (χ0n) is 10.1. The number of nitrogens with one attached hydrogen (secondary N) is 1. The molecule has 2 heterocycles. The third kappa shape index (κ3) is 2.45. The highest BCUT2D eigenvalue weighted by molar-refractivity contribution is 5.92. The Morgan fingerprint density at radius 1 is 1.56 bits per heavy atom. The average Bonchev–Trinajstić information content (AvgIpc) is 2.65. The first-order valence-electron chi connectivity index (χ1n) is 5.36. The molecule has 2 rings (SSSR count). The van der Waals surface area contributed by atoms with Crippen LogP contribution in [0.15, 0.2) is 18.5 Å². The number of aryl methyl sites for hydroxylation is 2. The number of aromatic carboxylic acids is 1. The van der Waals surface area contributed by atoms with E-state index in [9.17, 15) is 4.79 Å². The van der Waals surface area contributed by atoms with Crippen LogP contribution in [0.2, 0.25) is 0 Å². The van der Waals surface area contributed by atoms with Gasteiger partial charge in [-0.25, -0.2) is 4.79 Å². The van der Waals surface area contributed by atoms with Gasteiger partial charge >= 0.3 is 5.97 Å². The summed E-state index contributed by atoms with van der Waals surface area (Å²) in [5.41, 5.74) is 1.98. The minimum Gasteiger partial charge on any atom is -0.478 e. The van der Waals surface area contributed by atoms with Crippen LogP contribution in [0.5, 0.6) is 0 Å². The molecule has 0 spiro atoms. The standard InChI is InChI=1S/C11H13N5O2/c1-7-8(6-16(2)15-7)5-12-10-9(11(17)18)3-4-13-14-10/h3-4,6H,5H2,1-2H3,(H,12,14)(H,17,18). The lowest BCUT2D eigenvalue weighted by atomic mass is 10.2. The molecule has 0 atom stereocenters. The average molecular weight is 247 g/mol. The number of hydrogen-bond donors (Lipinski definition) is 2. The van der Waals surface area contributed by atoms with Gasteiger partial charge in [-0.3, -0.25) is 4.68 Å². The molecule has 18 heavy (non-hydrogen) atoms. The van der Waals surface area contributed by atoms with Gasteiger partial charge in [-0.05, 0) is 13.0 Å². The van der Waals surface area contributed by atoms with Crippen molar-refractivity contribution in [1.29, 1.82) is 0 Å². The van der Waals surface area contributed by atoms with Gasteiger partial charge < -0.3 is 10.4 Å². The topological polar surface area (TPSA) is 92.9 Å². The highest BCUT2D eigenvalue weighted by atomic mass is 16.4. The van der Waals surface area contributed by atoms with Gasteiger partial charge in [-0.1, -0.05) is 0 Å².